The van der Waals surface area contributed by atoms with E-state index in [-0.39, 0.29) is 17.9 Å². The van der Waals surface area contributed by atoms with Crippen molar-refractivity contribution in [1.82, 2.24) is 5.32 Å². The summed E-state index contributed by atoms with van der Waals surface area (Å²) in [5, 5.41) is 1.91. The second kappa shape index (κ2) is 7.85. The maximum absolute atomic E-state index is 11.8. The lowest BCUT2D eigenvalue weighted by Crippen LogP contribution is -2.17. The minimum absolute atomic E-state index is 0.173. The van der Waals surface area contributed by atoms with Crippen molar-refractivity contribution in [3.05, 3.63) is 71.1 Å². The number of methoxy groups -OCH3 is 1. The van der Waals surface area contributed by atoms with Gasteiger partial charge in [0.2, 0.25) is 6.79 Å². The molecule has 1 N–H and O–H groups in total. The van der Waals surface area contributed by atoms with Crippen LogP contribution >= 0.6 is 11.8 Å². The Hall–Kier alpha value is -3.71. The zero-order chi connectivity index (χ0) is 21.4. The molecule has 6 nitrogen and oxygen atoms in total. The van der Waals surface area contributed by atoms with E-state index in [9.17, 15) is 9.59 Å². The van der Waals surface area contributed by atoms with Gasteiger partial charge in [-0.1, -0.05) is 42.5 Å². The molecule has 0 bridgehead atoms. The Morgan fingerprint density at radius 1 is 0.968 bits per heavy atom. The zero-order valence-corrected chi connectivity index (χ0v) is 17.3. The molecule has 2 heterocycles. The second-order valence-corrected chi connectivity index (χ2v) is 7.95. The van der Waals surface area contributed by atoms with Crippen molar-refractivity contribution in [2.75, 3.05) is 13.9 Å². The number of nitrogens with one attached hydrogen (secondary N) is 1. The van der Waals surface area contributed by atoms with Crippen molar-refractivity contribution in [3.63, 3.8) is 0 Å². The molecule has 0 aromatic heterocycles. The van der Waals surface area contributed by atoms with Gasteiger partial charge in [-0.15, -0.1) is 0 Å². The maximum Gasteiger partial charge on any atom is 0.290 e. The van der Waals surface area contributed by atoms with Crippen LogP contribution in [0.2, 0.25) is 0 Å². The molecule has 0 atom stereocenters. The van der Waals surface area contributed by atoms with Crippen molar-refractivity contribution >= 4 is 29.0 Å². The number of hydrogen-bond donors (Lipinski definition) is 1. The largest absolute Gasteiger partial charge is 0.496 e. The van der Waals surface area contributed by atoms with Crippen LogP contribution in [0.3, 0.4) is 0 Å². The molecule has 0 aliphatic carbocycles. The Kier molecular flexibility index (Phi) is 4.88. The normalized spacial score (nSPS) is 16.0. The molecule has 0 spiro atoms. The first-order chi connectivity index (χ1) is 15.1. The van der Waals surface area contributed by atoms with Crippen LogP contribution in [-0.2, 0) is 4.79 Å². The molecule has 3 aromatic carbocycles. The summed E-state index contributed by atoms with van der Waals surface area (Å²) in [6, 6.07) is 19.5. The number of benzene rings is 3. The van der Waals surface area contributed by atoms with E-state index in [1.807, 2.05) is 54.6 Å². The van der Waals surface area contributed by atoms with E-state index in [1.165, 1.54) is 0 Å². The van der Waals surface area contributed by atoms with Crippen LogP contribution in [0.1, 0.15) is 5.56 Å². The van der Waals surface area contributed by atoms with E-state index in [0.717, 1.165) is 45.3 Å². The van der Waals surface area contributed by atoms with Gasteiger partial charge in [0.15, 0.2) is 11.5 Å². The molecule has 0 unspecified atom stereocenters. The van der Waals surface area contributed by atoms with Gasteiger partial charge in [-0.25, -0.2) is 0 Å². The third-order valence-corrected chi connectivity index (χ3v) is 5.86. The van der Waals surface area contributed by atoms with Crippen LogP contribution in [0.25, 0.3) is 28.3 Å². The van der Waals surface area contributed by atoms with Crippen molar-refractivity contribution in [2.24, 2.45) is 0 Å². The van der Waals surface area contributed by atoms with Gasteiger partial charge >= 0.3 is 0 Å². The molecule has 2 aliphatic heterocycles. The molecular formula is C24H17NO5S. The molecular weight excluding hydrogens is 414 g/mol. The number of para-hydroxylation sites is 1. The summed E-state index contributed by atoms with van der Waals surface area (Å²) in [5.41, 5.74) is 4.60. The van der Waals surface area contributed by atoms with Gasteiger partial charge < -0.3 is 14.2 Å². The van der Waals surface area contributed by atoms with E-state index in [2.05, 4.69) is 11.4 Å². The van der Waals surface area contributed by atoms with Crippen LogP contribution in [0, 0.1) is 0 Å². The Bertz CT molecular complexity index is 1230. The lowest BCUT2D eigenvalue weighted by molar-refractivity contribution is -0.115. The number of fused-ring (bicyclic) bond motifs is 1. The van der Waals surface area contributed by atoms with Gasteiger partial charge in [0.25, 0.3) is 11.1 Å². The van der Waals surface area contributed by atoms with Crippen molar-refractivity contribution in [1.29, 1.82) is 0 Å². The maximum atomic E-state index is 11.8. The van der Waals surface area contributed by atoms with Crippen molar-refractivity contribution in [2.45, 2.75) is 0 Å². The molecule has 1 saturated heterocycles. The fourth-order valence-electron chi connectivity index (χ4n) is 3.59. The van der Waals surface area contributed by atoms with Crippen molar-refractivity contribution < 1.29 is 23.8 Å². The average molecular weight is 431 g/mol. The third-order valence-electron chi connectivity index (χ3n) is 5.05. The summed E-state index contributed by atoms with van der Waals surface area (Å²) in [7, 11) is 1.64. The average Bonchev–Trinajstić information content (AvgIpc) is 3.39. The SMILES string of the molecule is COc1ccccc1-c1cc(-c2ccc(C=C3SC(=O)NC3=O)cc2)cc2c1OCO2. The molecule has 2 amide bonds. The highest BCUT2D eigenvalue weighted by Crippen LogP contribution is 2.46. The van der Waals surface area contributed by atoms with E-state index in [1.54, 1.807) is 13.2 Å². The minimum Gasteiger partial charge on any atom is -0.496 e. The van der Waals surface area contributed by atoms with Gasteiger partial charge in [-0.05, 0) is 52.7 Å². The minimum atomic E-state index is -0.365. The molecule has 154 valence electrons. The first-order valence-corrected chi connectivity index (χ1v) is 10.4. The number of hydrogen-bond acceptors (Lipinski definition) is 6. The van der Waals surface area contributed by atoms with Gasteiger partial charge in [0.1, 0.15) is 5.75 Å². The number of rotatable bonds is 4. The third kappa shape index (κ3) is 3.64. The number of imide groups is 1. The highest BCUT2D eigenvalue weighted by molar-refractivity contribution is 8.18. The molecule has 1 fully saturated rings. The quantitative estimate of drug-likeness (QED) is 0.581. The lowest BCUT2D eigenvalue weighted by Gasteiger charge is -2.13. The Labute approximate surface area is 182 Å². The molecule has 31 heavy (non-hydrogen) atoms. The van der Waals surface area contributed by atoms with Crippen LogP contribution in [0.5, 0.6) is 17.2 Å². The Balaban J connectivity index is 1.53. The topological polar surface area (TPSA) is 73.9 Å². The van der Waals surface area contributed by atoms with E-state index < -0.39 is 0 Å². The van der Waals surface area contributed by atoms with Crippen LogP contribution in [0.15, 0.2) is 65.6 Å². The van der Waals surface area contributed by atoms with Gasteiger partial charge in [-0.3, -0.25) is 14.9 Å². The van der Waals surface area contributed by atoms with Crippen LogP contribution in [0.4, 0.5) is 4.79 Å². The monoisotopic (exact) mass is 431 g/mol. The van der Waals surface area contributed by atoms with Gasteiger partial charge in [-0.2, -0.15) is 0 Å². The summed E-state index contributed by atoms with van der Waals surface area (Å²) in [4.78, 5) is 23.5. The first-order valence-electron chi connectivity index (χ1n) is 9.55. The molecule has 7 heteroatoms. The van der Waals surface area contributed by atoms with Crippen LogP contribution in [-0.4, -0.2) is 25.0 Å². The van der Waals surface area contributed by atoms with E-state index >= 15 is 0 Å². The zero-order valence-electron chi connectivity index (χ0n) is 16.5. The molecule has 5 rings (SSSR count). The predicted molar refractivity (Wildman–Crippen MR) is 119 cm³/mol. The lowest BCUT2D eigenvalue weighted by atomic mass is 9.96. The molecule has 3 aromatic rings. The van der Waals surface area contributed by atoms with E-state index in [0.29, 0.717) is 16.4 Å². The number of ether oxygens (including phenoxy) is 3. The second-order valence-electron chi connectivity index (χ2n) is 6.93. The number of carbonyl (C=O) groups excluding carboxylic acids is 2. The fraction of sp³-hybridized carbons (Fsp3) is 0.0833. The standard InChI is InChI=1S/C24H17NO5S/c1-28-19-5-3-2-4-17(19)18-11-16(12-20-22(18)30-13-29-20)15-8-6-14(7-9-15)10-21-23(26)25-24(27)31-21/h2-12H,13H2,1H3,(H,25,26,27). The highest BCUT2D eigenvalue weighted by atomic mass is 32.2. The molecule has 2 aliphatic rings. The van der Waals surface area contributed by atoms with Crippen molar-refractivity contribution in [3.8, 4) is 39.5 Å². The summed E-state index contributed by atoms with van der Waals surface area (Å²) in [6.45, 7) is 0.173. The predicted octanol–water partition coefficient (Wildman–Crippen LogP) is 5.08. The number of thioether (sulfide) groups is 1. The molecule has 0 radical (unpaired) electrons. The highest BCUT2D eigenvalue weighted by Gasteiger charge is 2.25. The fourth-order valence-corrected chi connectivity index (χ4v) is 4.27. The first kappa shape index (κ1) is 19.3. The van der Waals surface area contributed by atoms with Gasteiger partial charge in [0.05, 0.1) is 12.0 Å². The summed E-state index contributed by atoms with van der Waals surface area (Å²) < 4.78 is 17.0. The summed E-state index contributed by atoms with van der Waals surface area (Å²) in [5.74, 6) is 1.77. The van der Waals surface area contributed by atoms with E-state index in [4.69, 9.17) is 14.2 Å². The summed E-state index contributed by atoms with van der Waals surface area (Å²) in [6.07, 6.45) is 1.70. The summed E-state index contributed by atoms with van der Waals surface area (Å²) >= 11 is 0.905. The van der Waals surface area contributed by atoms with Gasteiger partial charge in [0, 0.05) is 11.1 Å². The number of carbonyl (C=O) groups is 2. The molecule has 0 saturated carbocycles. The smallest absolute Gasteiger partial charge is 0.290 e. The number of amides is 2. The van der Waals surface area contributed by atoms with Crippen LogP contribution < -0.4 is 19.5 Å². The Morgan fingerprint density at radius 2 is 1.77 bits per heavy atom. The Morgan fingerprint density at radius 3 is 2.52 bits per heavy atom.